The molecule has 23 heavy (non-hydrogen) atoms. The second-order valence-electron chi connectivity index (χ2n) is 6.03. The van der Waals surface area contributed by atoms with E-state index < -0.39 is 0 Å². The van der Waals surface area contributed by atoms with Gasteiger partial charge in [0.2, 0.25) is 0 Å². The van der Waals surface area contributed by atoms with E-state index in [1.165, 1.54) is 6.42 Å². The summed E-state index contributed by atoms with van der Waals surface area (Å²) in [5.74, 6) is 0.565. The van der Waals surface area contributed by atoms with Crippen LogP contribution in [-0.2, 0) is 0 Å². The number of amides is 1. The summed E-state index contributed by atoms with van der Waals surface area (Å²) in [4.78, 5) is 15.0. The Bertz CT molecular complexity index is 699. The van der Waals surface area contributed by atoms with Crippen molar-refractivity contribution in [2.24, 2.45) is 0 Å². The van der Waals surface area contributed by atoms with Gasteiger partial charge in [-0.05, 0) is 48.8 Å². The van der Waals surface area contributed by atoms with E-state index in [4.69, 9.17) is 4.74 Å². The number of methoxy groups -OCH3 is 1. The molecule has 3 rings (SSSR count). The largest absolute Gasteiger partial charge is 0.496 e. The average molecular weight is 312 g/mol. The number of benzene rings is 2. The van der Waals surface area contributed by atoms with Crippen LogP contribution in [0.1, 0.15) is 30.1 Å². The van der Waals surface area contributed by atoms with Crippen LogP contribution >= 0.6 is 0 Å². The number of rotatable bonds is 5. The number of hydrogen-bond donors (Lipinski definition) is 1. The van der Waals surface area contributed by atoms with Gasteiger partial charge in [0, 0.05) is 12.6 Å². The summed E-state index contributed by atoms with van der Waals surface area (Å²) < 4.78 is 5.42. The van der Waals surface area contributed by atoms with Gasteiger partial charge in [-0.1, -0.05) is 31.2 Å². The van der Waals surface area contributed by atoms with Crippen molar-refractivity contribution >= 4 is 16.7 Å². The number of hydrogen-bond acceptors (Lipinski definition) is 3. The first-order valence-electron chi connectivity index (χ1n) is 8.32. The molecule has 1 amide bonds. The normalized spacial score (nSPS) is 18.3. The van der Waals surface area contributed by atoms with Gasteiger partial charge in [-0.25, -0.2) is 0 Å². The zero-order chi connectivity index (χ0) is 16.2. The van der Waals surface area contributed by atoms with Crippen molar-refractivity contribution in [3.05, 3.63) is 42.0 Å². The number of fused-ring (bicyclic) bond motifs is 1. The molecule has 2 aromatic rings. The first-order valence-corrected chi connectivity index (χ1v) is 8.32. The summed E-state index contributed by atoms with van der Waals surface area (Å²) in [5.41, 5.74) is 0.604. The Morgan fingerprint density at radius 2 is 2.04 bits per heavy atom. The molecule has 1 atom stereocenters. The van der Waals surface area contributed by atoms with Crippen LogP contribution < -0.4 is 10.1 Å². The van der Waals surface area contributed by atoms with Crippen LogP contribution in [0.2, 0.25) is 0 Å². The second kappa shape index (κ2) is 7.01. The Morgan fingerprint density at radius 3 is 2.74 bits per heavy atom. The molecule has 0 unspecified atom stereocenters. The quantitative estimate of drug-likeness (QED) is 0.922. The van der Waals surface area contributed by atoms with Crippen LogP contribution in [0.3, 0.4) is 0 Å². The highest BCUT2D eigenvalue weighted by Crippen LogP contribution is 2.26. The van der Waals surface area contributed by atoms with Gasteiger partial charge < -0.3 is 10.1 Å². The van der Waals surface area contributed by atoms with Crippen LogP contribution in [0.4, 0.5) is 0 Å². The van der Waals surface area contributed by atoms with E-state index in [-0.39, 0.29) is 5.91 Å². The van der Waals surface area contributed by atoms with E-state index in [0.29, 0.717) is 23.9 Å². The van der Waals surface area contributed by atoms with Crippen molar-refractivity contribution < 1.29 is 9.53 Å². The summed E-state index contributed by atoms with van der Waals surface area (Å²) in [6.45, 7) is 5.05. The third kappa shape index (κ3) is 3.32. The highest BCUT2D eigenvalue weighted by atomic mass is 16.5. The van der Waals surface area contributed by atoms with Crippen molar-refractivity contribution in [1.82, 2.24) is 10.2 Å². The minimum absolute atomic E-state index is 0.0597. The molecular weight excluding hydrogens is 288 g/mol. The van der Waals surface area contributed by atoms with Crippen LogP contribution in [0.5, 0.6) is 5.75 Å². The predicted octanol–water partition coefficient (Wildman–Crippen LogP) is 3.06. The molecule has 1 N–H and O–H groups in total. The highest BCUT2D eigenvalue weighted by Gasteiger charge is 2.24. The number of carbonyl (C=O) groups is 1. The Balaban J connectivity index is 1.77. The molecular formula is C19H24N2O2. The van der Waals surface area contributed by atoms with Gasteiger partial charge in [0.15, 0.2) is 0 Å². The van der Waals surface area contributed by atoms with Crippen molar-refractivity contribution in [2.45, 2.75) is 25.8 Å². The maximum atomic E-state index is 12.6. The molecule has 1 saturated heterocycles. The molecule has 1 heterocycles. The average Bonchev–Trinajstić information content (AvgIpc) is 3.06. The van der Waals surface area contributed by atoms with Crippen molar-refractivity contribution in [1.29, 1.82) is 0 Å². The second-order valence-corrected chi connectivity index (χ2v) is 6.03. The van der Waals surface area contributed by atoms with Crippen LogP contribution in [0.15, 0.2) is 36.4 Å². The number of carbonyl (C=O) groups excluding carboxylic acids is 1. The molecule has 0 spiro atoms. The van der Waals surface area contributed by atoms with Crippen molar-refractivity contribution in [3.8, 4) is 5.75 Å². The Labute approximate surface area is 137 Å². The van der Waals surface area contributed by atoms with Gasteiger partial charge in [-0.2, -0.15) is 0 Å². The fourth-order valence-electron chi connectivity index (χ4n) is 3.41. The molecule has 4 nitrogen and oxygen atoms in total. The first kappa shape index (κ1) is 15.8. The van der Waals surface area contributed by atoms with E-state index in [2.05, 4.69) is 17.1 Å². The van der Waals surface area contributed by atoms with Gasteiger partial charge in [-0.15, -0.1) is 0 Å². The number of nitrogens with zero attached hydrogens (tertiary/aromatic N) is 1. The lowest BCUT2D eigenvalue weighted by Gasteiger charge is -2.23. The molecule has 0 bridgehead atoms. The zero-order valence-electron chi connectivity index (χ0n) is 13.8. The van der Waals surface area contributed by atoms with Crippen molar-refractivity contribution in [2.75, 3.05) is 26.7 Å². The standard InChI is InChI=1S/C19H24N2O2/c1-3-21-10-6-9-16(21)13-20-19(22)17-11-14-7-4-5-8-15(14)12-18(17)23-2/h4-5,7-8,11-12,16H,3,6,9-10,13H2,1-2H3,(H,20,22)/t16-/m0/s1. The predicted molar refractivity (Wildman–Crippen MR) is 93.1 cm³/mol. The third-order valence-corrected chi connectivity index (χ3v) is 4.72. The summed E-state index contributed by atoms with van der Waals surface area (Å²) in [6, 6.07) is 12.3. The lowest BCUT2D eigenvalue weighted by Crippen LogP contribution is -2.40. The molecule has 0 aromatic heterocycles. The number of likely N-dealkylation sites (N-methyl/N-ethyl adjacent to an activating group) is 1. The SMILES string of the molecule is CCN1CCC[C@H]1CNC(=O)c1cc2ccccc2cc1OC. The summed E-state index contributed by atoms with van der Waals surface area (Å²) >= 11 is 0. The summed E-state index contributed by atoms with van der Waals surface area (Å²) in [7, 11) is 1.61. The number of nitrogens with one attached hydrogen (secondary N) is 1. The Kier molecular flexibility index (Phi) is 4.82. The monoisotopic (exact) mass is 312 g/mol. The van der Waals surface area contributed by atoms with Gasteiger partial charge in [0.1, 0.15) is 5.75 Å². The molecule has 4 heteroatoms. The Morgan fingerprint density at radius 1 is 1.30 bits per heavy atom. The fourth-order valence-corrected chi connectivity index (χ4v) is 3.41. The summed E-state index contributed by atoms with van der Waals surface area (Å²) in [5, 5.41) is 5.21. The molecule has 1 fully saturated rings. The molecule has 0 aliphatic carbocycles. The highest BCUT2D eigenvalue weighted by molar-refractivity contribution is 6.01. The smallest absolute Gasteiger partial charge is 0.255 e. The van der Waals surface area contributed by atoms with E-state index in [1.54, 1.807) is 7.11 Å². The molecule has 1 aliphatic heterocycles. The molecule has 122 valence electrons. The maximum Gasteiger partial charge on any atom is 0.255 e. The molecule has 0 radical (unpaired) electrons. The van der Waals surface area contributed by atoms with E-state index in [9.17, 15) is 4.79 Å². The zero-order valence-corrected chi connectivity index (χ0v) is 13.8. The number of ether oxygens (including phenoxy) is 1. The maximum absolute atomic E-state index is 12.6. The van der Waals surface area contributed by atoms with E-state index in [0.717, 1.165) is 30.3 Å². The number of likely N-dealkylation sites (tertiary alicyclic amines) is 1. The van der Waals surface area contributed by atoms with Gasteiger partial charge in [-0.3, -0.25) is 9.69 Å². The third-order valence-electron chi connectivity index (χ3n) is 4.72. The molecule has 0 saturated carbocycles. The van der Waals surface area contributed by atoms with Gasteiger partial charge in [0.25, 0.3) is 5.91 Å². The lowest BCUT2D eigenvalue weighted by atomic mass is 10.1. The fraction of sp³-hybridized carbons (Fsp3) is 0.421. The minimum atomic E-state index is -0.0597. The summed E-state index contributed by atoms with van der Waals surface area (Å²) in [6.07, 6.45) is 2.37. The molecule has 2 aromatic carbocycles. The van der Waals surface area contributed by atoms with Crippen LogP contribution in [-0.4, -0.2) is 43.6 Å². The van der Waals surface area contributed by atoms with Crippen LogP contribution in [0.25, 0.3) is 10.8 Å². The van der Waals surface area contributed by atoms with Gasteiger partial charge in [0.05, 0.1) is 12.7 Å². The van der Waals surface area contributed by atoms with E-state index >= 15 is 0 Å². The minimum Gasteiger partial charge on any atom is -0.496 e. The molecule has 1 aliphatic rings. The first-order chi connectivity index (χ1) is 11.2. The lowest BCUT2D eigenvalue weighted by molar-refractivity contribution is 0.0938. The van der Waals surface area contributed by atoms with Crippen LogP contribution in [0, 0.1) is 0 Å². The van der Waals surface area contributed by atoms with Gasteiger partial charge >= 0.3 is 0 Å². The van der Waals surface area contributed by atoms with Crippen molar-refractivity contribution in [3.63, 3.8) is 0 Å². The van der Waals surface area contributed by atoms with E-state index in [1.807, 2.05) is 36.4 Å². The topological polar surface area (TPSA) is 41.6 Å². The Hall–Kier alpha value is -2.07.